The highest BCUT2D eigenvalue weighted by molar-refractivity contribution is 5.10. The maximum Gasteiger partial charge on any atom is 0.0690 e. The van der Waals surface area contributed by atoms with Gasteiger partial charge in [0.15, 0.2) is 0 Å². The van der Waals surface area contributed by atoms with Crippen LogP contribution in [0.5, 0.6) is 0 Å². The molecule has 0 radical (unpaired) electrons. The molecule has 1 heteroatoms. The number of hydrogen-bond acceptors (Lipinski definition) is 1. The Balaban J connectivity index is 0.000000561. The second-order valence-electron chi connectivity index (χ2n) is 3.09. The van der Waals surface area contributed by atoms with Crippen molar-refractivity contribution in [2.75, 3.05) is 6.54 Å². The summed E-state index contributed by atoms with van der Waals surface area (Å²) < 4.78 is 0. The van der Waals surface area contributed by atoms with Crippen LogP contribution in [-0.2, 0) is 0 Å². The standard InChI is InChI=1S/C9H15N.C2H6/c1-8(2)5-6-9-4-3-7-10-9;1-2/h8-10H,3-4,7H2,1-2H3;1-2H3. The molecule has 1 heterocycles. The van der Waals surface area contributed by atoms with Crippen molar-refractivity contribution in [1.29, 1.82) is 0 Å². The van der Waals surface area contributed by atoms with E-state index in [1.165, 1.54) is 12.8 Å². The molecule has 0 bridgehead atoms. The molecule has 0 aromatic carbocycles. The Morgan fingerprint density at radius 1 is 1.33 bits per heavy atom. The fourth-order valence-electron chi connectivity index (χ4n) is 1.07. The van der Waals surface area contributed by atoms with E-state index in [1.807, 2.05) is 13.8 Å². The molecule has 0 aromatic rings. The quantitative estimate of drug-likeness (QED) is 0.546. The average Bonchev–Trinajstić information content (AvgIpc) is 2.56. The van der Waals surface area contributed by atoms with Crippen LogP contribution in [0.1, 0.15) is 40.5 Å². The lowest BCUT2D eigenvalue weighted by molar-refractivity contribution is 0.744. The van der Waals surface area contributed by atoms with Crippen molar-refractivity contribution >= 4 is 0 Å². The number of rotatable bonds is 0. The molecular formula is C11H21N. The molecule has 0 amide bonds. The summed E-state index contributed by atoms with van der Waals surface area (Å²) in [5.41, 5.74) is 0. The lowest BCUT2D eigenvalue weighted by Crippen LogP contribution is -2.18. The van der Waals surface area contributed by atoms with E-state index in [0.717, 1.165) is 6.54 Å². The van der Waals surface area contributed by atoms with E-state index < -0.39 is 0 Å². The first-order chi connectivity index (χ1) is 5.79. The molecule has 1 N–H and O–H groups in total. The molecule has 1 atom stereocenters. The van der Waals surface area contributed by atoms with E-state index in [1.54, 1.807) is 0 Å². The van der Waals surface area contributed by atoms with Crippen LogP contribution < -0.4 is 5.32 Å². The minimum atomic E-state index is 0.488. The van der Waals surface area contributed by atoms with Crippen molar-refractivity contribution in [3.63, 3.8) is 0 Å². The molecule has 1 saturated heterocycles. The largest absolute Gasteiger partial charge is 0.304 e. The van der Waals surface area contributed by atoms with E-state index in [9.17, 15) is 0 Å². The van der Waals surface area contributed by atoms with Gasteiger partial charge in [-0.25, -0.2) is 0 Å². The molecule has 70 valence electrons. The van der Waals surface area contributed by atoms with Gasteiger partial charge in [0.2, 0.25) is 0 Å². The van der Waals surface area contributed by atoms with Crippen molar-refractivity contribution < 1.29 is 0 Å². The maximum absolute atomic E-state index is 3.34. The van der Waals surface area contributed by atoms with Crippen LogP contribution in [0.4, 0.5) is 0 Å². The van der Waals surface area contributed by atoms with Crippen molar-refractivity contribution in [3.05, 3.63) is 0 Å². The third kappa shape index (κ3) is 5.21. The lowest BCUT2D eigenvalue weighted by atomic mass is 10.2. The highest BCUT2D eigenvalue weighted by atomic mass is 14.9. The Morgan fingerprint density at radius 2 is 2.00 bits per heavy atom. The fourth-order valence-corrected chi connectivity index (χ4v) is 1.07. The van der Waals surface area contributed by atoms with Gasteiger partial charge in [-0.1, -0.05) is 39.5 Å². The third-order valence-electron chi connectivity index (χ3n) is 1.61. The van der Waals surface area contributed by atoms with Crippen LogP contribution in [0.3, 0.4) is 0 Å². The van der Waals surface area contributed by atoms with Crippen molar-refractivity contribution in [2.24, 2.45) is 5.92 Å². The van der Waals surface area contributed by atoms with E-state index in [4.69, 9.17) is 0 Å². The van der Waals surface area contributed by atoms with Crippen LogP contribution in [-0.4, -0.2) is 12.6 Å². The van der Waals surface area contributed by atoms with Gasteiger partial charge in [0, 0.05) is 5.92 Å². The summed E-state index contributed by atoms with van der Waals surface area (Å²) in [6.45, 7) is 9.40. The van der Waals surface area contributed by atoms with Gasteiger partial charge >= 0.3 is 0 Å². The molecule has 0 spiro atoms. The molecule has 0 aromatic heterocycles. The smallest absolute Gasteiger partial charge is 0.0690 e. The van der Waals surface area contributed by atoms with Gasteiger partial charge in [-0.3, -0.25) is 0 Å². The molecular weight excluding hydrogens is 146 g/mol. The topological polar surface area (TPSA) is 12.0 Å². The molecule has 1 rings (SSSR count). The maximum atomic E-state index is 3.34. The Hall–Kier alpha value is -0.480. The molecule has 1 nitrogen and oxygen atoms in total. The van der Waals surface area contributed by atoms with E-state index in [-0.39, 0.29) is 0 Å². The fraction of sp³-hybridized carbons (Fsp3) is 0.818. The van der Waals surface area contributed by atoms with Gasteiger partial charge in [-0.15, -0.1) is 0 Å². The highest BCUT2D eigenvalue weighted by Crippen LogP contribution is 2.03. The Labute approximate surface area is 76.9 Å². The molecule has 0 saturated carbocycles. The first-order valence-electron chi connectivity index (χ1n) is 5.03. The van der Waals surface area contributed by atoms with Crippen LogP contribution in [0, 0.1) is 17.8 Å². The summed E-state index contributed by atoms with van der Waals surface area (Å²) in [6.07, 6.45) is 2.52. The van der Waals surface area contributed by atoms with E-state index >= 15 is 0 Å². The van der Waals surface area contributed by atoms with Gasteiger partial charge in [-0.05, 0) is 19.4 Å². The van der Waals surface area contributed by atoms with Crippen LogP contribution >= 0.6 is 0 Å². The lowest BCUT2D eigenvalue weighted by Gasteiger charge is -1.98. The van der Waals surface area contributed by atoms with Crippen molar-refractivity contribution in [3.8, 4) is 11.8 Å². The Kier molecular flexibility index (Phi) is 6.90. The predicted molar refractivity (Wildman–Crippen MR) is 55.0 cm³/mol. The van der Waals surface area contributed by atoms with Crippen molar-refractivity contribution in [2.45, 2.75) is 46.6 Å². The summed E-state index contributed by atoms with van der Waals surface area (Å²) in [5, 5.41) is 3.34. The zero-order chi connectivity index (χ0) is 9.40. The van der Waals surface area contributed by atoms with E-state index in [0.29, 0.717) is 12.0 Å². The Bertz CT molecular complexity index is 144. The van der Waals surface area contributed by atoms with Gasteiger partial charge in [0.05, 0.1) is 6.04 Å². The normalized spacial score (nSPS) is 20.9. The molecule has 0 aliphatic carbocycles. The van der Waals surface area contributed by atoms with Crippen LogP contribution in [0.15, 0.2) is 0 Å². The summed E-state index contributed by atoms with van der Waals surface area (Å²) in [5.74, 6) is 6.91. The Morgan fingerprint density at radius 3 is 2.42 bits per heavy atom. The first kappa shape index (κ1) is 11.5. The second-order valence-corrected chi connectivity index (χ2v) is 3.09. The molecule has 1 aliphatic heterocycles. The predicted octanol–water partition coefficient (Wildman–Crippen LogP) is 2.42. The molecule has 12 heavy (non-hydrogen) atoms. The molecule has 1 aliphatic rings. The van der Waals surface area contributed by atoms with Gasteiger partial charge < -0.3 is 5.32 Å². The van der Waals surface area contributed by atoms with Gasteiger partial charge in [-0.2, -0.15) is 0 Å². The summed E-state index contributed by atoms with van der Waals surface area (Å²) in [7, 11) is 0. The third-order valence-corrected chi connectivity index (χ3v) is 1.61. The minimum Gasteiger partial charge on any atom is -0.304 e. The summed E-state index contributed by atoms with van der Waals surface area (Å²) >= 11 is 0. The summed E-state index contributed by atoms with van der Waals surface area (Å²) in [4.78, 5) is 0. The second kappa shape index (κ2) is 7.18. The molecule has 1 unspecified atom stereocenters. The first-order valence-corrected chi connectivity index (χ1v) is 5.03. The van der Waals surface area contributed by atoms with Gasteiger partial charge in [0.25, 0.3) is 0 Å². The van der Waals surface area contributed by atoms with E-state index in [2.05, 4.69) is 31.0 Å². The zero-order valence-electron chi connectivity index (χ0n) is 8.78. The molecule has 1 fully saturated rings. The number of nitrogens with one attached hydrogen (secondary N) is 1. The van der Waals surface area contributed by atoms with Crippen LogP contribution in [0.25, 0.3) is 0 Å². The van der Waals surface area contributed by atoms with Crippen molar-refractivity contribution in [1.82, 2.24) is 5.32 Å². The van der Waals surface area contributed by atoms with Crippen LogP contribution in [0.2, 0.25) is 0 Å². The monoisotopic (exact) mass is 167 g/mol. The summed E-state index contributed by atoms with van der Waals surface area (Å²) in [6, 6.07) is 0.488. The zero-order valence-corrected chi connectivity index (χ0v) is 8.78. The highest BCUT2D eigenvalue weighted by Gasteiger charge is 2.09. The average molecular weight is 167 g/mol. The minimum absolute atomic E-state index is 0.488. The SMILES string of the molecule is CC.CC(C)C#CC1CCCN1. The van der Waals surface area contributed by atoms with Gasteiger partial charge in [0.1, 0.15) is 0 Å². The number of hydrogen-bond donors (Lipinski definition) is 1.